The minimum atomic E-state index is -0.649. The number of fused-ring (bicyclic) bond motifs is 5. The molecule has 0 aromatic heterocycles. The summed E-state index contributed by atoms with van der Waals surface area (Å²) in [7, 11) is 3.42. The number of benzene rings is 2. The fourth-order valence-electron chi connectivity index (χ4n) is 4.18. The van der Waals surface area contributed by atoms with Gasteiger partial charge in [-0.2, -0.15) is 0 Å². The van der Waals surface area contributed by atoms with Gasteiger partial charge in [0.15, 0.2) is 0 Å². The Morgan fingerprint density at radius 1 is 1.15 bits per heavy atom. The molecule has 2 aliphatic rings. The fourth-order valence-corrected chi connectivity index (χ4v) is 4.36. The highest BCUT2D eigenvalue weighted by Crippen LogP contribution is 2.51. The van der Waals surface area contributed by atoms with Gasteiger partial charge in [0.25, 0.3) is 0 Å². The summed E-state index contributed by atoms with van der Waals surface area (Å²) in [6.07, 6.45) is -0.649. The van der Waals surface area contributed by atoms with Crippen LogP contribution in [-0.4, -0.2) is 44.6 Å². The Labute approximate surface area is 157 Å². The van der Waals surface area contributed by atoms with Crippen LogP contribution in [-0.2, 0) is 9.47 Å². The van der Waals surface area contributed by atoms with E-state index in [-0.39, 0.29) is 18.6 Å². The molecule has 2 aromatic rings. The number of quaternary nitrogens is 1. The number of hydrogen-bond acceptors (Lipinski definition) is 4. The van der Waals surface area contributed by atoms with Crippen LogP contribution in [0.5, 0.6) is 11.5 Å². The van der Waals surface area contributed by atoms with E-state index in [0.717, 1.165) is 30.2 Å². The van der Waals surface area contributed by atoms with Crippen LogP contribution >= 0.6 is 11.6 Å². The lowest BCUT2D eigenvalue weighted by Crippen LogP contribution is -2.44. The molecule has 5 nitrogen and oxygen atoms in total. The van der Waals surface area contributed by atoms with Crippen LogP contribution in [0.15, 0.2) is 42.5 Å². The number of methoxy groups -OCH3 is 1. The first-order valence-electron chi connectivity index (χ1n) is 8.59. The molecule has 0 radical (unpaired) electrons. The normalized spacial score (nSPS) is 26.0. The first-order chi connectivity index (χ1) is 12.5. The van der Waals surface area contributed by atoms with Crippen molar-refractivity contribution in [1.82, 2.24) is 0 Å². The summed E-state index contributed by atoms with van der Waals surface area (Å²) in [5.74, 6) is 2.22. The van der Waals surface area contributed by atoms with Crippen molar-refractivity contribution in [2.45, 2.75) is 11.8 Å². The zero-order valence-electron chi connectivity index (χ0n) is 14.8. The minimum absolute atomic E-state index is 0.235. The van der Waals surface area contributed by atoms with E-state index < -0.39 is 6.16 Å². The SMILES string of the molecule is COC(=O)OC[N+]1(C)CC2c3ccccc3Oc3ccc(Cl)cc3C2C1. The third kappa shape index (κ3) is 3.02. The van der Waals surface area contributed by atoms with Crippen molar-refractivity contribution in [3.8, 4) is 11.5 Å². The summed E-state index contributed by atoms with van der Waals surface area (Å²) >= 11 is 6.28. The molecule has 3 atom stereocenters. The molecule has 6 heteroatoms. The molecule has 0 aliphatic carbocycles. The standard InChI is InChI=1S/C20H21ClNO4/c1-22(12-25-20(23)24-2)10-16-14-5-3-4-6-18(14)26-19-8-7-13(21)9-15(19)17(16)11-22/h3-9,16-17H,10-12H2,1-2H3/q+1. The number of ether oxygens (including phenoxy) is 3. The van der Waals surface area contributed by atoms with Crippen molar-refractivity contribution in [1.29, 1.82) is 0 Å². The number of halogens is 1. The molecule has 1 saturated heterocycles. The van der Waals surface area contributed by atoms with Crippen LogP contribution in [0, 0.1) is 0 Å². The molecule has 26 heavy (non-hydrogen) atoms. The predicted octanol–water partition coefficient (Wildman–Crippen LogP) is 4.51. The fraction of sp³-hybridized carbons (Fsp3) is 0.350. The molecule has 4 rings (SSSR count). The third-order valence-electron chi connectivity index (χ3n) is 5.33. The van der Waals surface area contributed by atoms with Crippen LogP contribution < -0.4 is 4.74 Å². The highest BCUT2D eigenvalue weighted by atomic mass is 35.5. The van der Waals surface area contributed by atoms with Gasteiger partial charge in [0, 0.05) is 28.0 Å². The maximum atomic E-state index is 11.4. The van der Waals surface area contributed by atoms with Gasteiger partial charge < -0.3 is 14.2 Å². The zero-order chi connectivity index (χ0) is 18.3. The second-order valence-corrected chi connectivity index (χ2v) is 7.68. The minimum Gasteiger partial charge on any atom is -0.457 e. The van der Waals surface area contributed by atoms with Gasteiger partial charge in [0.2, 0.25) is 6.73 Å². The molecule has 3 unspecified atom stereocenters. The lowest BCUT2D eigenvalue weighted by Gasteiger charge is -2.29. The molecular formula is C20H21ClNO4+. The maximum Gasteiger partial charge on any atom is 0.512 e. The summed E-state index contributed by atoms with van der Waals surface area (Å²) in [6, 6.07) is 13.9. The van der Waals surface area contributed by atoms with E-state index in [2.05, 4.69) is 17.9 Å². The number of para-hydroxylation sites is 1. The van der Waals surface area contributed by atoms with Gasteiger partial charge in [-0.15, -0.1) is 0 Å². The van der Waals surface area contributed by atoms with Crippen molar-refractivity contribution in [3.05, 3.63) is 58.6 Å². The summed E-state index contributed by atoms with van der Waals surface area (Å²) in [6.45, 7) is 1.94. The number of nitrogens with zero attached hydrogens (tertiary/aromatic N) is 1. The van der Waals surface area contributed by atoms with E-state index in [1.807, 2.05) is 36.4 Å². The molecule has 2 heterocycles. The van der Waals surface area contributed by atoms with E-state index in [4.69, 9.17) is 21.1 Å². The second-order valence-electron chi connectivity index (χ2n) is 7.25. The molecule has 0 bridgehead atoms. The lowest BCUT2D eigenvalue weighted by molar-refractivity contribution is -0.915. The van der Waals surface area contributed by atoms with Crippen LogP contribution in [0.2, 0.25) is 5.02 Å². The number of carbonyl (C=O) groups excluding carboxylic acids is 1. The molecule has 0 amide bonds. The van der Waals surface area contributed by atoms with Crippen LogP contribution in [0.4, 0.5) is 4.79 Å². The summed E-state index contributed by atoms with van der Waals surface area (Å²) in [5, 5.41) is 0.698. The van der Waals surface area contributed by atoms with Crippen LogP contribution in [0.3, 0.4) is 0 Å². The molecule has 2 aromatic carbocycles. The molecule has 136 valence electrons. The zero-order valence-corrected chi connectivity index (χ0v) is 15.5. The largest absolute Gasteiger partial charge is 0.512 e. The van der Waals surface area contributed by atoms with Crippen molar-refractivity contribution >= 4 is 17.8 Å². The van der Waals surface area contributed by atoms with E-state index in [1.165, 1.54) is 12.7 Å². The van der Waals surface area contributed by atoms with Crippen molar-refractivity contribution in [3.63, 3.8) is 0 Å². The van der Waals surface area contributed by atoms with E-state index in [1.54, 1.807) is 0 Å². The number of likely N-dealkylation sites (N-methyl/N-ethyl adjacent to an activating group) is 1. The van der Waals surface area contributed by atoms with Crippen molar-refractivity contribution in [2.75, 3.05) is 34.0 Å². The average molecular weight is 375 g/mol. The van der Waals surface area contributed by atoms with Gasteiger partial charge in [0.05, 0.1) is 27.2 Å². The van der Waals surface area contributed by atoms with Crippen molar-refractivity contribution in [2.24, 2.45) is 0 Å². The smallest absolute Gasteiger partial charge is 0.457 e. The first-order valence-corrected chi connectivity index (χ1v) is 8.97. The van der Waals surface area contributed by atoms with Gasteiger partial charge in [-0.05, 0) is 24.3 Å². The molecule has 0 spiro atoms. The summed E-state index contributed by atoms with van der Waals surface area (Å²) in [5.41, 5.74) is 2.29. The highest BCUT2D eigenvalue weighted by molar-refractivity contribution is 6.30. The van der Waals surface area contributed by atoms with Gasteiger partial charge in [-0.3, -0.25) is 4.48 Å². The molecule has 2 aliphatic heterocycles. The molecule has 0 N–H and O–H groups in total. The summed E-state index contributed by atoms with van der Waals surface area (Å²) in [4.78, 5) is 11.4. The van der Waals surface area contributed by atoms with Gasteiger partial charge in [-0.1, -0.05) is 29.8 Å². The number of carbonyl (C=O) groups is 1. The van der Waals surface area contributed by atoms with Gasteiger partial charge >= 0.3 is 6.16 Å². The quantitative estimate of drug-likeness (QED) is 0.573. The van der Waals surface area contributed by atoms with Gasteiger partial charge in [-0.25, -0.2) is 4.79 Å². The third-order valence-corrected chi connectivity index (χ3v) is 5.57. The number of hydrogen-bond donors (Lipinski definition) is 0. The molecular weight excluding hydrogens is 354 g/mol. The Bertz CT molecular complexity index is 855. The Hall–Kier alpha value is -2.24. The first kappa shape index (κ1) is 17.2. The highest BCUT2D eigenvalue weighted by Gasteiger charge is 2.48. The van der Waals surface area contributed by atoms with Crippen LogP contribution in [0.25, 0.3) is 0 Å². The Morgan fingerprint density at radius 3 is 2.62 bits per heavy atom. The Kier molecular flexibility index (Phi) is 4.29. The second kappa shape index (κ2) is 6.49. The Balaban J connectivity index is 1.74. The van der Waals surface area contributed by atoms with Crippen LogP contribution in [0.1, 0.15) is 23.0 Å². The summed E-state index contributed by atoms with van der Waals surface area (Å²) < 4.78 is 16.7. The molecule has 1 fully saturated rings. The molecule has 0 saturated carbocycles. The average Bonchev–Trinajstić information content (AvgIpc) is 2.94. The van der Waals surface area contributed by atoms with E-state index >= 15 is 0 Å². The lowest BCUT2D eigenvalue weighted by atomic mass is 9.84. The van der Waals surface area contributed by atoms with Gasteiger partial charge in [0.1, 0.15) is 11.5 Å². The van der Waals surface area contributed by atoms with Crippen molar-refractivity contribution < 1.29 is 23.5 Å². The topological polar surface area (TPSA) is 44.8 Å². The maximum absolute atomic E-state index is 11.4. The van der Waals surface area contributed by atoms with E-state index in [0.29, 0.717) is 9.51 Å². The monoisotopic (exact) mass is 374 g/mol. The number of rotatable bonds is 2. The Morgan fingerprint density at radius 2 is 1.85 bits per heavy atom. The van der Waals surface area contributed by atoms with E-state index in [9.17, 15) is 4.79 Å². The number of likely N-dealkylation sites (tertiary alicyclic amines) is 1. The predicted molar refractivity (Wildman–Crippen MR) is 97.7 cm³/mol.